The Bertz CT molecular complexity index is 1810. The maximum Gasteiger partial charge on any atom is 0.490 e. The van der Waals surface area contributed by atoms with Crippen molar-refractivity contribution in [2.24, 2.45) is 0 Å². The smallest absolute Gasteiger partial charge is 0.478 e. The third-order valence-corrected chi connectivity index (χ3v) is 7.55. The molecule has 1 fully saturated rings. The number of nitriles is 1. The minimum Gasteiger partial charge on any atom is -0.478 e. The molecular formula is C32H27F4N3O6. The van der Waals surface area contributed by atoms with Crippen LogP contribution >= 0.6 is 0 Å². The van der Waals surface area contributed by atoms with E-state index in [-0.39, 0.29) is 22.9 Å². The molecule has 2 heterocycles. The number of anilines is 2. The summed E-state index contributed by atoms with van der Waals surface area (Å²) >= 11 is 0. The van der Waals surface area contributed by atoms with Gasteiger partial charge in [-0.1, -0.05) is 36.4 Å². The molecule has 0 radical (unpaired) electrons. The van der Waals surface area contributed by atoms with Crippen molar-refractivity contribution in [1.29, 1.82) is 5.26 Å². The summed E-state index contributed by atoms with van der Waals surface area (Å²) in [6.45, 7) is 2.85. The van der Waals surface area contributed by atoms with Crippen molar-refractivity contribution in [2.45, 2.75) is 37.4 Å². The van der Waals surface area contributed by atoms with Crippen LogP contribution in [0, 0.1) is 17.1 Å². The average Bonchev–Trinajstić information content (AvgIpc) is 3.01. The summed E-state index contributed by atoms with van der Waals surface area (Å²) in [6, 6.07) is 21.6. The van der Waals surface area contributed by atoms with Crippen LogP contribution in [-0.2, 0) is 10.2 Å². The molecule has 1 unspecified atom stereocenters. The minimum absolute atomic E-state index is 0.150. The number of halogens is 4. The highest BCUT2D eigenvalue weighted by Crippen LogP contribution is 2.37. The molecule has 234 valence electrons. The predicted octanol–water partition coefficient (Wildman–Crippen LogP) is 6.50. The zero-order valence-corrected chi connectivity index (χ0v) is 23.8. The molecule has 0 aliphatic carbocycles. The predicted molar refractivity (Wildman–Crippen MR) is 157 cm³/mol. The fourth-order valence-electron chi connectivity index (χ4n) is 5.13. The van der Waals surface area contributed by atoms with Gasteiger partial charge in [0.05, 0.1) is 28.5 Å². The third-order valence-electron chi connectivity index (χ3n) is 7.55. The van der Waals surface area contributed by atoms with Gasteiger partial charge in [0.1, 0.15) is 11.4 Å². The number of piperidine rings is 1. The number of hydrogen-bond donors (Lipinski definition) is 3. The quantitative estimate of drug-likeness (QED) is 0.205. The van der Waals surface area contributed by atoms with Crippen molar-refractivity contribution in [3.8, 4) is 6.07 Å². The summed E-state index contributed by atoms with van der Waals surface area (Å²) in [5.74, 6) is -3.72. The number of carbonyl (C=O) groups is 2. The van der Waals surface area contributed by atoms with Crippen molar-refractivity contribution in [1.82, 2.24) is 0 Å². The van der Waals surface area contributed by atoms with Crippen molar-refractivity contribution >= 4 is 34.5 Å². The van der Waals surface area contributed by atoms with Gasteiger partial charge in [0.25, 0.3) is 0 Å². The number of para-hydroxylation sites is 2. The second kappa shape index (κ2) is 13.1. The fourth-order valence-corrected chi connectivity index (χ4v) is 5.13. The van der Waals surface area contributed by atoms with Gasteiger partial charge >= 0.3 is 18.1 Å². The molecule has 1 aromatic heterocycles. The summed E-state index contributed by atoms with van der Waals surface area (Å²) in [5, 5.41) is 30.3. The fraction of sp³-hybridized carbons (Fsp3) is 0.250. The molecule has 3 N–H and O–H groups in total. The lowest BCUT2D eigenvalue weighted by atomic mass is 9.74. The van der Waals surface area contributed by atoms with Crippen LogP contribution in [0.2, 0.25) is 0 Å². The van der Waals surface area contributed by atoms with E-state index in [0.29, 0.717) is 48.5 Å². The first-order valence-corrected chi connectivity index (χ1v) is 13.6. The molecule has 9 nitrogen and oxygen atoms in total. The molecule has 1 atom stereocenters. The molecule has 4 aromatic rings. The van der Waals surface area contributed by atoms with Gasteiger partial charge in [-0.05, 0) is 55.7 Å². The second-order valence-corrected chi connectivity index (χ2v) is 10.4. The summed E-state index contributed by atoms with van der Waals surface area (Å²) in [5.41, 5.74) is 1.63. The Hall–Kier alpha value is -5.38. The Morgan fingerprint density at radius 3 is 2.22 bits per heavy atom. The van der Waals surface area contributed by atoms with Gasteiger partial charge in [-0.3, -0.25) is 4.79 Å². The van der Waals surface area contributed by atoms with E-state index >= 15 is 0 Å². The van der Waals surface area contributed by atoms with Gasteiger partial charge in [0.15, 0.2) is 11.3 Å². The number of aromatic carboxylic acids is 1. The van der Waals surface area contributed by atoms with Crippen LogP contribution in [0.4, 0.5) is 29.1 Å². The van der Waals surface area contributed by atoms with E-state index < -0.39 is 23.5 Å². The molecule has 13 heteroatoms. The molecular weight excluding hydrogens is 598 g/mol. The molecule has 0 saturated carbocycles. The van der Waals surface area contributed by atoms with Crippen molar-refractivity contribution in [3.63, 3.8) is 0 Å². The van der Waals surface area contributed by atoms with E-state index in [4.69, 9.17) is 14.3 Å². The maximum atomic E-state index is 13.4. The van der Waals surface area contributed by atoms with E-state index in [1.54, 1.807) is 42.5 Å². The second-order valence-electron chi connectivity index (χ2n) is 10.4. The lowest BCUT2D eigenvalue weighted by Crippen LogP contribution is -2.42. The highest BCUT2D eigenvalue weighted by atomic mass is 19.4. The zero-order chi connectivity index (χ0) is 32.9. The topological polar surface area (TPSA) is 144 Å². The number of alkyl halides is 3. The number of carboxylic acids is 2. The molecule has 1 aliphatic heterocycles. The lowest BCUT2D eigenvalue weighted by Gasteiger charge is -2.37. The van der Waals surface area contributed by atoms with Crippen LogP contribution in [0.15, 0.2) is 82.0 Å². The molecule has 0 amide bonds. The van der Waals surface area contributed by atoms with Crippen molar-refractivity contribution < 1.29 is 41.8 Å². The van der Waals surface area contributed by atoms with Gasteiger partial charge in [-0.2, -0.15) is 18.4 Å². The summed E-state index contributed by atoms with van der Waals surface area (Å²) < 4.78 is 51.5. The average molecular weight is 626 g/mol. The van der Waals surface area contributed by atoms with Gasteiger partial charge in [-0.15, -0.1) is 0 Å². The number of hydrogen-bond acceptors (Lipinski definition) is 7. The van der Waals surface area contributed by atoms with E-state index in [9.17, 15) is 37.5 Å². The summed E-state index contributed by atoms with van der Waals surface area (Å²) in [6.07, 6.45) is -4.08. The first-order valence-electron chi connectivity index (χ1n) is 13.6. The Balaban J connectivity index is 0.000000591. The first-order chi connectivity index (χ1) is 21.3. The van der Waals surface area contributed by atoms with Crippen molar-refractivity contribution in [3.05, 3.63) is 106 Å². The SMILES string of the molecule is CC(Nc1ccccc1C(=O)O)c1cccc2c(=O)cc(N3CCC(C#N)(c4ccc(F)cc4)CC3)oc12.O=C(O)C(F)(F)F. The molecule has 3 aromatic carbocycles. The van der Waals surface area contributed by atoms with Crippen LogP contribution in [-0.4, -0.2) is 41.4 Å². The molecule has 45 heavy (non-hydrogen) atoms. The van der Waals surface area contributed by atoms with Crippen LogP contribution in [0.5, 0.6) is 0 Å². The monoisotopic (exact) mass is 625 g/mol. The largest absolute Gasteiger partial charge is 0.490 e. The van der Waals surface area contributed by atoms with E-state index in [0.717, 1.165) is 11.1 Å². The molecule has 1 aliphatic rings. The normalized spacial score (nSPS) is 14.9. The number of nitrogens with zero attached hydrogens (tertiary/aromatic N) is 2. The minimum atomic E-state index is -5.08. The first kappa shape index (κ1) is 32.5. The summed E-state index contributed by atoms with van der Waals surface area (Å²) in [4.78, 5) is 35.6. The number of fused-ring (bicyclic) bond motifs is 1. The van der Waals surface area contributed by atoms with E-state index in [2.05, 4.69) is 11.4 Å². The molecule has 0 bridgehead atoms. The van der Waals surface area contributed by atoms with Crippen LogP contribution in [0.3, 0.4) is 0 Å². The number of benzene rings is 3. The highest BCUT2D eigenvalue weighted by molar-refractivity contribution is 5.94. The van der Waals surface area contributed by atoms with Crippen LogP contribution in [0.25, 0.3) is 11.0 Å². The Morgan fingerprint density at radius 2 is 1.64 bits per heavy atom. The number of rotatable bonds is 6. The molecule has 0 spiro atoms. The highest BCUT2D eigenvalue weighted by Gasteiger charge is 2.38. The van der Waals surface area contributed by atoms with Crippen molar-refractivity contribution in [2.75, 3.05) is 23.3 Å². The zero-order valence-electron chi connectivity index (χ0n) is 23.8. The summed E-state index contributed by atoms with van der Waals surface area (Å²) in [7, 11) is 0. The Kier molecular flexibility index (Phi) is 9.46. The number of aliphatic carboxylic acids is 1. The van der Waals surface area contributed by atoms with Gasteiger partial charge in [0.2, 0.25) is 0 Å². The van der Waals surface area contributed by atoms with Gasteiger partial charge in [-0.25, -0.2) is 14.0 Å². The third kappa shape index (κ3) is 7.23. The molecule has 5 rings (SSSR count). The molecule has 1 saturated heterocycles. The van der Waals surface area contributed by atoms with E-state index in [1.165, 1.54) is 24.3 Å². The number of carboxylic acid groups (broad SMARTS) is 2. The Morgan fingerprint density at radius 1 is 1.02 bits per heavy atom. The van der Waals surface area contributed by atoms with Crippen LogP contribution < -0.4 is 15.6 Å². The lowest BCUT2D eigenvalue weighted by molar-refractivity contribution is -0.192. The maximum absolute atomic E-state index is 13.4. The standard InChI is InChI=1S/C30H26FN3O4.C2HF3O2/c1-19(33-25-8-3-2-5-23(25)29(36)37)22-6-4-7-24-26(35)17-27(38-28(22)24)34-15-13-30(18-32,14-16-34)20-9-11-21(31)12-10-20;3-2(4,5)1(6)7/h2-12,17,19,33H,13-16H2,1H3,(H,36,37);(H,6,7). The van der Waals surface area contributed by atoms with Gasteiger partial charge < -0.3 is 24.8 Å². The van der Waals surface area contributed by atoms with E-state index in [1.807, 2.05) is 17.9 Å². The van der Waals surface area contributed by atoms with Gasteiger partial charge in [0, 0.05) is 30.4 Å². The number of nitrogens with one attached hydrogen (secondary N) is 1. The Labute approximate surface area is 253 Å². The van der Waals surface area contributed by atoms with Crippen LogP contribution in [0.1, 0.15) is 47.3 Å².